The molecular formula is C17H28FN3. The molecule has 1 fully saturated rings. The summed E-state index contributed by atoms with van der Waals surface area (Å²) < 4.78 is 13.7. The van der Waals surface area contributed by atoms with Gasteiger partial charge in [0.15, 0.2) is 0 Å². The second kappa shape index (κ2) is 6.42. The quantitative estimate of drug-likeness (QED) is 0.662. The molecule has 2 rings (SSSR count). The topological polar surface area (TPSA) is 41.3 Å². The van der Waals surface area contributed by atoms with Crippen LogP contribution >= 0.6 is 0 Å². The number of aryl methyl sites for hydroxylation is 1. The Morgan fingerprint density at radius 2 is 1.95 bits per heavy atom. The lowest BCUT2D eigenvalue weighted by atomic mass is 9.70. The van der Waals surface area contributed by atoms with Crippen LogP contribution in [0.1, 0.15) is 49.8 Å². The van der Waals surface area contributed by atoms with Crippen LogP contribution in [-0.4, -0.2) is 24.5 Å². The number of hydrogen-bond acceptors (Lipinski definition) is 3. The summed E-state index contributed by atoms with van der Waals surface area (Å²) in [6, 6.07) is 4.92. The molecule has 0 radical (unpaired) electrons. The van der Waals surface area contributed by atoms with Crippen LogP contribution in [0.2, 0.25) is 0 Å². The Bertz CT molecular complexity index is 479. The third kappa shape index (κ3) is 3.12. The number of halogens is 1. The first kappa shape index (κ1) is 16.4. The molecule has 1 aromatic rings. The van der Waals surface area contributed by atoms with Crippen LogP contribution in [0.25, 0.3) is 0 Å². The maximum Gasteiger partial charge on any atom is 0.123 e. The smallest absolute Gasteiger partial charge is 0.123 e. The van der Waals surface area contributed by atoms with Crippen molar-refractivity contribution in [3.8, 4) is 0 Å². The van der Waals surface area contributed by atoms with Gasteiger partial charge in [-0.05, 0) is 75.9 Å². The molecule has 0 saturated heterocycles. The van der Waals surface area contributed by atoms with Crippen LogP contribution in [-0.2, 0) is 0 Å². The summed E-state index contributed by atoms with van der Waals surface area (Å²) in [5.74, 6) is 6.47. The van der Waals surface area contributed by atoms with Crippen LogP contribution in [0.4, 0.5) is 4.39 Å². The average molecular weight is 293 g/mol. The first-order valence-corrected chi connectivity index (χ1v) is 7.80. The molecule has 4 heteroatoms. The van der Waals surface area contributed by atoms with Crippen LogP contribution in [0.3, 0.4) is 0 Å². The van der Waals surface area contributed by atoms with Gasteiger partial charge in [0.1, 0.15) is 5.82 Å². The highest BCUT2D eigenvalue weighted by atomic mass is 19.1. The van der Waals surface area contributed by atoms with Gasteiger partial charge in [0.05, 0.1) is 6.04 Å². The van der Waals surface area contributed by atoms with E-state index in [-0.39, 0.29) is 17.4 Å². The molecule has 118 valence electrons. The molecule has 0 heterocycles. The maximum absolute atomic E-state index is 13.7. The number of nitrogens with two attached hydrogens (primary N) is 1. The van der Waals surface area contributed by atoms with Crippen LogP contribution < -0.4 is 11.3 Å². The molecule has 1 atom stereocenters. The van der Waals surface area contributed by atoms with Crippen LogP contribution in [0, 0.1) is 18.7 Å². The predicted molar refractivity (Wildman–Crippen MR) is 85.3 cm³/mol. The fourth-order valence-corrected chi connectivity index (χ4v) is 3.71. The number of benzene rings is 1. The summed E-state index contributed by atoms with van der Waals surface area (Å²) in [6.07, 6.45) is 4.52. The third-order valence-electron chi connectivity index (χ3n) is 5.29. The molecular weight excluding hydrogens is 265 g/mol. The van der Waals surface area contributed by atoms with Crippen molar-refractivity contribution in [2.24, 2.45) is 11.8 Å². The van der Waals surface area contributed by atoms with Gasteiger partial charge in [0.25, 0.3) is 0 Å². The van der Waals surface area contributed by atoms with E-state index in [9.17, 15) is 4.39 Å². The Hall–Kier alpha value is -0.970. The van der Waals surface area contributed by atoms with E-state index in [4.69, 9.17) is 5.84 Å². The number of nitrogens with zero attached hydrogens (tertiary/aromatic N) is 1. The summed E-state index contributed by atoms with van der Waals surface area (Å²) in [4.78, 5) is 2.27. The number of hydrogen-bond donors (Lipinski definition) is 2. The van der Waals surface area contributed by atoms with Gasteiger partial charge in [0.2, 0.25) is 0 Å². The highest BCUT2D eigenvalue weighted by molar-refractivity contribution is 5.32. The molecule has 3 nitrogen and oxygen atoms in total. The van der Waals surface area contributed by atoms with Crippen molar-refractivity contribution in [3.05, 3.63) is 35.1 Å². The van der Waals surface area contributed by atoms with Gasteiger partial charge >= 0.3 is 0 Å². The minimum absolute atomic E-state index is 0.0557. The third-order valence-corrected chi connectivity index (χ3v) is 5.29. The number of likely N-dealkylation sites (N-methyl/N-ethyl adjacent to an activating group) is 1. The van der Waals surface area contributed by atoms with Crippen molar-refractivity contribution in [1.29, 1.82) is 0 Å². The standard InChI is InChI=1S/C17H28FN3/c1-12-7-9-17(10-8-12,21(3)4)16(20-19)15-11-14(18)6-5-13(15)2/h5-6,11-12,16,20H,7-10,19H2,1-4H3. The lowest BCUT2D eigenvalue weighted by Gasteiger charge is -2.50. The molecule has 3 N–H and O–H groups in total. The molecule has 0 amide bonds. The van der Waals surface area contributed by atoms with Crippen molar-refractivity contribution in [2.75, 3.05) is 14.1 Å². The van der Waals surface area contributed by atoms with E-state index >= 15 is 0 Å². The average Bonchev–Trinajstić information content (AvgIpc) is 2.45. The Balaban J connectivity index is 2.43. The Kier molecular flexibility index (Phi) is 5.02. The first-order valence-electron chi connectivity index (χ1n) is 7.80. The van der Waals surface area contributed by atoms with Gasteiger partial charge in [0, 0.05) is 5.54 Å². The summed E-state index contributed by atoms with van der Waals surface area (Å²) in [6.45, 7) is 4.33. The highest BCUT2D eigenvalue weighted by Gasteiger charge is 2.43. The Morgan fingerprint density at radius 1 is 1.33 bits per heavy atom. The largest absolute Gasteiger partial charge is 0.302 e. The van der Waals surface area contributed by atoms with E-state index in [2.05, 4.69) is 31.3 Å². The van der Waals surface area contributed by atoms with Crippen molar-refractivity contribution >= 4 is 0 Å². The van der Waals surface area contributed by atoms with Gasteiger partial charge in [-0.15, -0.1) is 0 Å². The second-order valence-electron chi connectivity index (χ2n) is 6.78. The maximum atomic E-state index is 13.7. The lowest BCUT2D eigenvalue weighted by molar-refractivity contribution is 0.0425. The summed E-state index contributed by atoms with van der Waals surface area (Å²) in [5.41, 5.74) is 4.98. The Labute approximate surface area is 127 Å². The predicted octanol–water partition coefficient (Wildman–Crippen LogP) is 3.15. The van der Waals surface area contributed by atoms with Gasteiger partial charge in [-0.3, -0.25) is 11.3 Å². The van der Waals surface area contributed by atoms with Crippen molar-refractivity contribution in [2.45, 2.75) is 51.1 Å². The van der Waals surface area contributed by atoms with Crippen LogP contribution in [0.5, 0.6) is 0 Å². The number of nitrogens with one attached hydrogen (secondary N) is 1. The zero-order valence-corrected chi connectivity index (χ0v) is 13.6. The van der Waals surface area contributed by atoms with Gasteiger partial charge in [-0.1, -0.05) is 13.0 Å². The van der Waals surface area contributed by atoms with Crippen LogP contribution in [0.15, 0.2) is 18.2 Å². The fourth-order valence-electron chi connectivity index (χ4n) is 3.71. The van der Waals surface area contributed by atoms with Crippen molar-refractivity contribution in [1.82, 2.24) is 10.3 Å². The van der Waals surface area contributed by atoms with Gasteiger partial charge in [-0.2, -0.15) is 0 Å². The molecule has 0 aromatic heterocycles. The van der Waals surface area contributed by atoms with E-state index in [1.165, 1.54) is 18.9 Å². The molecule has 1 aliphatic rings. The molecule has 21 heavy (non-hydrogen) atoms. The van der Waals surface area contributed by atoms with E-state index in [0.717, 1.165) is 29.9 Å². The van der Waals surface area contributed by atoms with Gasteiger partial charge < -0.3 is 4.90 Å². The molecule has 1 unspecified atom stereocenters. The van der Waals surface area contributed by atoms with E-state index in [1.807, 2.05) is 13.0 Å². The minimum atomic E-state index is -0.200. The number of rotatable bonds is 4. The molecule has 1 saturated carbocycles. The van der Waals surface area contributed by atoms with E-state index in [1.54, 1.807) is 6.07 Å². The summed E-state index contributed by atoms with van der Waals surface area (Å²) in [7, 11) is 4.21. The van der Waals surface area contributed by atoms with E-state index < -0.39 is 0 Å². The molecule has 0 bridgehead atoms. The SMILES string of the molecule is Cc1ccc(F)cc1C(NN)C1(N(C)C)CCC(C)CC1. The monoisotopic (exact) mass is 293 g/mol. The molecule has 0 spiro atoms. The van der Waals surface area contributed by atoms with Crippen molar-refractivity contribution < 1.29 is 4.39 Å². The first-order chi connectivity index (χ1) is 9.90. The summed E-state index contributed by atoms with van der Waals surface area (Å²) in [5, 5.41) is 0. The molecule has 0 aliphatic heterocycles. The zero-order chi connectivity index (χ0) is 15.6. The fraction of sp³-hybridized carbons (Fsp3) is 0.647. The number of hydrazine groups is 1. The lowest BCUT2D eigenvalue weighted by Crippen LogP contribution is -2.57. The normalized spacial score (nSPS) is 27.9. The highest BCUT2D eigenvalue weighted by Crippen LogP contribution is 2.44. The summed E-state index contributed by atoms with van der Waals surface area (Å²) >= 11 is 0. The Morgan fingerprint density at radius 3 is 2.48 bits per heavy atom. The van der Waals surface area contributed by atoms with E-state index in [0.29, 0.717) is 0 Å². The zero-order valence-electron chi connectivity index (χ0n) is 13.6. The molecule has 1 aliphatic carbocycles. The van der Waals surface area contributed by atoms with Gasteiger partial charge in [-0.25, -0.2) is 4.39 Å². The molecule has 1 aromatic carbocycles. The van der Waals surface area contributed by atoms with Crippen molar-refractivity contribution in [3.63, 3.8) is 0 Å². The minimum Gasteiger partial charge on any atom is -0.302 e. The second-order valence-corrected chi connectivity index (χ2v) is 6.78.